The van der Waals surface area contributed by atoms with E-state index in [1.54, 1.807) is 6.92 Å². The number of ether oxygens (including phenoxy) is 2. The van der Waals surface area contributed by atoms with Gasteiger partial charge in [-0.2, -0.15) is 0 Å². The summed E-state index contributed by atoms with van der Waals surface area (Å²) in [5, 5.41) is 0. The zero-order valence-electron chi connectivity index (χ0n) is 11.4. The van der Waals surface area contributed by atoms with Gasteiger partial charge < -0.3 is 9.47 Å². The topological polar surface area (TPSA) is 35.5 Å². The minimum absolute atomic E-state index is 0.0768. The number of carbonyl (C=O) groups is 1. The molecule has 1 aliphatic heterocycles. The first-order valence-corrected chi connectivity index (χ1v) is 7.09. The molecule has 1 heterocycles. The fourth-order valence-electron chi connectivity index (χ4n) is 2.98. The Morgan fingerprint density at radius 1 is 1.42 bits per heavy atom. The summed E-state index contributed by atoms with van der Waals surface area (Å²) < 4.78 is 11.9. The van der Waals surface area contributed by atoms with E-state index in [0.29, 0.717) is 5.56 Å². The number of hydrogen-bond donors (Lipinski definition) is 0. The predicted octanol–water partition coefficient (Wildman–Crippen LogP) is 3.37. The van der Waals surface area contributed by atoms with Crippen molar-refractivity contribution in [3.8, 4) is 5.75 Å². The number of rotatable bonds is 3. The molecule has 1 aliphatic carbocycles. The highest BCUT2D eigenvalue weighted by Gasteiger charge is 2.43. The average Bonchev–Trinajstić information content (AvgIpc) is 2.37. The van der Waals surface area contributed by atoms with Gasteiger partial charge in [0.05, 0.1) is 12.2 Å². The highest BCUT2D eigenvalue weighted by Crippen LogP contribution is 2.43. The predicted molar refractivity (Wildman–Crippen MR) is 72.6 cm³/mol. The van der Waals surface area contributed by atoms with Gasteiger partial charge in [-0.25, -0.2) is 0 Å². The Morgan fingerprint density at radius 2 is 2.26 bits per heavy atom. The molecule has 1 spiro atoms. The highest BCUT2D eigenvalue weighted by molar-refractivity contribution is 5.94. The second kappa shape index (κ2) is 4.97. The van der Waals surface area contributed by atoms with Crippen molar-refractivity contribution in [2.45, 2.75) is 50.7 Å². The normalized spacial score (nSPS) is 24.8. The van der Waals surface area contributed by atoms with Crippen LogP contribution in [0.2, 0.25) is 0 Å². The molecular formula is C16H20O3. The molecule has 19 heavy (non-hydrogen) atoms. The molecule has 3 nitrogen and oxygen atoms in total. The molecule has 0 N–H and O–H groups in total. The van der Waals surface area contributed by atoms with Gasteiger partial charge in [0.2, 0.25) is 0 Å². The van der Waals surface area contributed by atoms with Crippen molar-refractivity contribution in [1.82, 2.24) is 0 Å². The Labute approximate surface area is 113 Å². The summed E-state index contributed by atoms with van der Waals surface area (Å²) in [5.74, 6) is 0.877. The van der Waals surface area contributed by atoms with E-state index in [4.69, 9.17) is 9.47 Å². The first-order valence-electron chi connectivity index (χ1n) is 7.09. The third kappa shape index (κ3) is 2.66. The molecule has 1 unspecified atom stereocenters. The maximum Gasteiger partial charge on any atom is 0.159 e. The van der Waals surface area contributed by atoms with Crippen LogP contribution in [0.25, 0.3) is 0 Å². The zero-order valence-corrected chi connectivity index (χ0v) is 11.4. The number of benzene rings is 1. The molecule has 1 saturated carbocycles. The first kappa shape index (κ1) is 12.7. The fourth-order valence-corrected chi connectivity index (χ4v) is 2.98. The molecule has 0 bridgehead atoms. The summed E-state index contributed by atoms with van der Waals surface area (Å²) in [4.78, 5) is 11.4. The standard InChI is InChI=1S/C16H20O3/c1-12(17)13-4-2-5-14(10-13)19-15-6-9-18-16(11-15)7-3-8-16/h2,4-5,10,15H,3,6-9,11H2,1H3. The second-order valence-electron chi connectivity index (χ2n) is 5.70. The van der Waals surface area contributed by atoms with Crippen molar-refractivity contribution < 1.29 is 14.3 Å². The number of Topliss-reactive ketones (excluding diaryl/α,β-unsaturated/α-hetero) is 1. The van der Waals surface area contributed by atoms with Crippen LogP contribution >= 0.6 is 0 Å². The van der Waals surface area contributed by atoms with Gasteiger partial charge in [0.15, 0.2) is 5.78 Å². The molecule has 3 rings (SSSR count). The quantitative estimate of drug-likeness (QED) is 0.782. The van der Waals surface area contributed by atoms with Crippen molar-refractivity contribution in [2.75, 3.05) is 6.61 Å². The van der Waals surface area contributed by atoms with Crippen LogP contribution in [-0.4, -0.2) is 24.1 Å². The molecule has 3 heteroatoms. The Hall–Kier alpha value is -1.35. The minimum Gasteiger partial charge on any atom is -0.490 e. The lowest BCUT2D eigenvalue weighted by Crippen LogP contribution is -2.48. The third-order valence-corrected chi connectivity index (χ3v) is 4.26. The number of hydrogen-bond acceptors (Lipinski definition) is 3. The largest absolute Gasteiger partial charge is 0.490 e. The summed E-state index contributed by atoms with van der Waals surface area (Å²) in [6, 6.07) is 7.47. The van der Waals surface area contributed by atoms with E-state index in [2.05, 4.69) is 0 Å². The van der Waals surface area contributed by atoms with Crippen LogP contribution in [0.3, 0.4) is 0 Å². The van der Waals surface area contributed by atoms with Crippen molar-refractivity contribution in [3.05, 3.63) is 29.8 Å². The molecule has 102 valence electrons. The summed E-state index contributed by atoms with van der Waals surface area (Å²) in [6.45, 7) is 2.37. The second-order valence-corrected chi connectivity index (χ2v) is 5.70. The molecule has 1 saturated heterocycles. The Morgan fingerprint density at radius 3 is 2.95 bits per heavy atom. The lowest BCUT2D eigenvalue weighted by atomic mass is 9.74. The van der Waals surface area contributed by atoms with Gasteiger partial charge in [-0.1, -0.05) is 12.1 Å². The van der Waals surface area contributed by atoms with Gasteiger partial charge in [0.25, 0.3) is 0 Å². The lowest BCUT2D eigenvalue weighted by Gasteiger charge is -2.46. The molecule has 2 fully saturated rings. The minimum atomic E-state index is 0.0768. The molecule has 1 aromatic carbocycles. The van der Waals surface area contributed by atoms with Crippen LogP contribution in [0.5, 0.6) is 5.75 Å². The van der Waals surface area contributed by atoms with Crippen LogP contribution in [0.4, 0.5) is 0 Å². The Kier molecular flexibility index (Phi) is 3.31. The van der Waals surface area contributed by atoms with E-state index < -0.39 is 0 Å². The van der Waals surface area contributed by atoms with Crippen molar-refractivity contribution in [2.24, 2.45) is 0 Å². The lowest BCUT2D eigenvalue weighted by molar-refractivity contribution is -0.153. The number of ketones is 1. The van der Waals surface area contributed by atoms with E-state index in [-0.39, 0.29) is 17.5 Å². The van der Waals surface area contributed by atoms with Gasteiger partial charge in [0.1, 0.15) is 11.9 Å². The Bertz CT molecular complexity index is 477. The maximum absolute atomic E-state index is 11.4. The van der Waals surface area contributed by atoms with Crippen molar-refractivity contribution >= 4 is 5.78 Å². The smallest absolute Gasteiger partial charge is 0.159 e. The van der Waals surface area contributed by atoms with Crippen LogP contribution in [0.15, 0.2) is 24.3 Å². The molecular weight excluding hydrogens is 240 g/mol. The average molecular weight is 260 g/mol. The highest BCUT2D eigenvalue weighted by atomic mass is 16.5. The monoisotopic (exact) mass is 260 g/mol. The summed E-state index contributed by atoms with van der Waals surface area (Å²) in [6.07, 6.45) is 5.74. The summed E-state index contributed by atoms with van der Waals surface area (Å²) in [5.41, 5.74) is 0.809. The molecule has 2 aliphatic rings. The van der Waals surface area contributed by atoms with Gasteiger partial charge in [0, 0.05) is 18.4 Å². The van der Waals surface area contributed by atoms with Gasteiger partial charge in [-0.15, -0.1) is 0 Å². The van der Waals surface area contributed by atoms with E-state index in [0.717, 1.165) is 25.2 Å². The fraction of sp³-hybridized carbons (Fsp3) is 0.562. The van der Waals surface area contributed by atoms with E-state index in [9.17, 15) is 4.79 Å². The van der Waals surface area contributed by atoms with E-state index in [1.807, 2.05) is 24.3 Å². The SMILES string of the molecule is CC(=O)c1cccc(OC2CCOC3(CCC3)C2)c1. The van der Waals surface area contributed by atoms with Gasteiger partial charge >= 0.3 is 0 Å². The molecule has 0 amide bonds. The number of carbonyl (C=O) groups excluding carboxylic acids is 1. The van der Waals surface area contributed by atoms with Crippen molar-refractivity contribution in [1.29, 1.82) is 0 Å². The molecule has 1 atom stereocenters. The van der Waals surface area contributed by atoms with Crippen LogP contribution in [0.1, 0.15) is 49.4 Å². The van der Waals surface area contributed by atoms with Gasteiger partial charge in [-0.3, -0.25) is 4.79 Å². The molecule has 0 radical (unpaired) electrons. The van der Waals surface area contributed by atoms with Crippen LogP contribution < -0.4 is 4.74 Å². The molecule has 1 aromatic rings. The van der Waals surface area contributed by atoms with Gasteiger partial charge in [-0.05, 0) is 38.3 Å². The van der Waals surface area contributed by atoms with Crippen molar-refractivity contribution in [3.63, 3.8) is 0 Å². The van der Waals surface area contributed by atoms with Crippen LogP contribution in [-0.2, 0) is 4.74 Å². The Balaban J connectivity index is 1.67. The zero-order chi connectivity index (χ0) is 13.3. The van der Waals surface area contributed by atoms with Crippen LogP contribution in [0, 0.1) is 0 Å². The third-order valence-electron chi connectivity index (χ3n) is 4.26. The van der Waals surface area contributed by atoms with E-state index >= 15 is 0 Å². The van der Waals surface area contributed by atoms with E-state index in [1.165, 1.54) is 19.3 Å². The first-order chi connectivity index (χ1) is 9.17. The molecule has 0 aromatic heterocycles. The maximum atomic E-state index is 11.4. The summed E-state index contributed by atoms with van der Waals surface area (Å²) >= 11 is 0. The summed E-state index contributed by atoms with van der Waals surface area (Å²) in [7, 11) is 0.